The minimum atomic E-state index is -1.05. The second kappa shape index (κ2) is 7.96. The Labute approximate surface area is 112 Å². The number of carboxylic acids is 1. The molecule has 1 aliphatic heterocycles. The predicted octanol–water partition coefficient (Wildman–Crippen LogP) is 0.297. The third kappa shape index (κ3) is 4.68. The Morgan fingerprint density at radius 2 is 2.32 bits per heavy atom. The smallest absolute Gasteiger partial charge is 0.328 e. The molecule has 0 radical (unpaired) electrons. The number of rotatable bonds is 6. The molecule has 0 aliphatic carbocycles. The topological polar surface area (TPSA) is 88.1 Å². The van der Waals surface area contributed by atoms with Crippen LogP contribution in [0.25, 0.3) is 0 Å². The van der Waals surface area contributed by atoms with Crippen LogP contribution in [0.5, 0.6) is 0 Å². The average Bonchev–Trinajstić information content (AvgIpc) is 2.39. The fraction of sp³-hybridized carbons (Fsp3) is 0.833. The number of carbonyl (C=O) groups excluding carboxylic acids is 1. The maximum Gasteiger partial charge on any atom is 0.328 e. The van der Waals surface area contributed by atoms with E-state index in [1.807, 2.05) is 6.92 Å². The van der Waals surface area contributed by atoms with Gasteiger partial charge in [-0.3, -0.25) is 0 Å². The number of urea groups is 1. The lowest BCUT2D eigenvalue weighted by atomic mass is 10.2. The van der Waals surface area contributed by atoms with Crippen molar-refractivity contribution in [3.63, 3.8) is 0 Å². The molecule has 1 aliphatic rings. The van der Waals surface area contributed by atoms with E-state index in [0.29, 0.717) is 13.2 Å². The van der Waals surface area contributed by atoms with Crippen LogP contribution >= 0.6 is 0 Å². The Hall–Kier alpha value is -1.34. The van der Waals surface area contributed by atoms with Crippen LogP contribution in [-0.4, -0.2) is 67.6 Å². The number of methoxy groups -OCH3 is 1. The van der Waals surface area contributed by atoms with Crippen molar-refractivity contribution in [2.45, 2.75) is 31.8 Å². The van der Waals surface area contributed by atoms with Crippen molar-refractivity contribution in [1.82, 2.24) is 10.2 Å². The summed E-state index contributed by atoms with van der Waals surface area (Å²) >= 11 is 0. The fourth-order valence-electron chi connectivity index (χ4n) is 2.06. The molecular formula is C12H22N2O5. The molecule has 1 heterocycles. The van der Waals surface area contributed by atoms with Crippen LogP contribution in [0.15, 0.2) is 0 Å². The van der Waals surface area contributed by atoms with Crippen molar-refractivity contribution in [2.24, 2.45) is 0 Å². The number of aliphatic carboxylic acids is 1. The molecule has 0 aromatic heterocycles. The van der Waals surface area contributed by atoms with E-state index in [4.69, 9.17) is 14.6 Å². The van der Waals surface area contributed by atoms with Crippen LogP contribution < -0.4 is 5.32 Å². The van der Waals surface area contributed by atoms with E-state index in [1.54, 1.807) is 7.11 Å². The third-order valence-electron chi connectivity index (χ3n) is 3.01. The Bertz CT molecular complexity index is 304. The molecule has 2 N–H and O–H groups in total. The third-order valence-corrected chi connectivity index (χ3v) is 3.01. The number of nitrogens with zero attached hydrogens (tertiary/aromatic N) is 1. The number of carboxylic acid groups (broad SMARTS) is 1. The van der Waals surface area contributed by atoms with E-state index in [-0.39, 0.29) is 25.2 Å². The normalized spacial score (nSPS) is 20.9. The number of hydrogen-bond acceptors (Lipinski definition) is 4. The monoisotopic (exact) mass is 274 g/mol. The Morgan fingerprint density at radius 3 is 2.89 bits per heavy atom. The molecule has 0 saturated carbocycles. The highest BCUT2D eigenvalue weighted by Crippen LogP contribution is 2.08. The van der Waals surface area contributed by atoms with Crippen LogP contribution in [0.1, 0.15) is 19.8 Å². The van der Waals surface area contributed by atoms with Crippen molar-refractivity contribution < 1.29 is 24.2 Å². The fourth-order valence-corrected chi connectivity index (χ4v) is 2.06. The lowest BCUT2D eigenvalue weighted by Crippen LogP contribution is -2.57. The number of ether oxygens (including phenoxy) is 2. The number of nitrogens with one attached hydrogen (secondary N) is 1. The van der Waals surface area contributed by atoms with Gasteiger partial charge in [0.25, 0.3) is 0 Å². The first-order valence-electron chi connectivity index (χ1n) is 6.46. The summed E-state index contributed by atoms with van der Waals surface area (Å²) in [6.45, 7) is 3.12. The van der Waals surface area contributed by atoms with Crippen molar-refractivity contribution in [2.75, 3.05) is 33.5 Å². The summed E-state index contributed by atoms with van der Waals surface area (Å²) < 4.78 is 10.1. The van der Waals surface area contributed by atoms with Crippen molar-refractivity contribution in [3.8, 4) is 0 Å². The molecule has 1 fully saturated rings. The second-order valence-corrected chi connectivity index (χ2v) is 4.51. The van der Waals surface area contributed by atoms with Gasteiger partial charge in [0.2, 0.25) is 0 Å². The number of hydrogen-bond donors (Lipinski definition) is 2. The number of carbonyl (C=O) groups is 2. The molecule has 0 spiro atoms. The van der Waals surface area contributed by atoms with Gasteiger partial charge in [-0.25, -0.2) is 9.59 Å². The zero-order valence-electron chi connectivity index (χ0n) is 11.4. The first kappa shape index (κ1) is 15.7. The minimum Gasteiger partial charge on any atom is -0.480 e. The summed E-state index contributed by atoms with van der Waals surface area (Å²) in [6, 6.07) is -1.38. The number of amides is 2. The zero-order chi connectivity index (χ0) is 14.3. The van der Waals surface area contributed by atoms with Gasteiger partial charge < -0.3 is 24.8 Å². The lowest BCUT2D eigenvalue weighted by molar-refractivity contribution is -0.147. The highest BCUT2D eigenvalue weighted by atomic mass is 16.5. The molecule has 0 aromatic carbocycles. The molecule has 0 aromatic rings. The predicted molar refractivity (Wildman–Crippen MR) is 68.1 cm³/mol. The molecule has 7 heteroatoms. The van der Waals surface area contributed by atoms with Gasteiger partial charge in [-0.05, 0) is 6.42 Å². The summed E-state index contributed by atoms with van der Waals surface area (Å²) in [5.74, 6) is -1.05. The summed E-state index contributed by atoms with van der Waals surface area (Å²) in [6.07, 6.45) is 1.71. The first-order valence-corrected chi connectivity index (χ1v) is 6.46. The minimum absolute atomic E-state index is 0.0332. The van der Waals surface area contributed by atoms with Crippen molar-refractivity contribution in [3.05, 3.63) is 0 Å². The van der Waals surface area contributed by atoms with Gasteiger partial charge in [0.15, 0.2) is 6.04 Å². The lowest BCUT2D eigenvalue weighted by Gasteiger charge is -2.34. The maximum atomic E-state index is 12.1. The largest absolute Gasteiger partial charge is 0.480 e. The molecule has 19 heavy (non-hydrogen) atoms. The summed E-state index contributed by atoms with van der Waals surface area (Å²) in [7, 11) is 1.57. The molecule has 7 nitrogen and oxygen atoms in total. The van der Waals surface area contributed by atoms with E-state index in [9.17, 15) is 9.59 Å². The summed E-state index contributed by atoms with van der Waals surface area (Å²) in [5.41, 5.74) is 0. The molecule has 1 rings (SSSR count). The van der Waals surface area contributed by atoms with E-state index in [2.05, 4.69) is 5.32 Å². The Morgan fingerprint density at radius 1 is 1.58 bits per heavy atom. The maximum absolute atomic E-state index is 12.1. The summed E-state index contributed by atoms with van der Waals surface area (Å²) in [4.78, 5) is 24.5. The molecule has 2 atom stereocenters. The Kier molecular flexibility index (Phi) is 6.58. The highest BCUT2D eigenvalue weighted by Gasteiger charge is 2.33. The average molecular weight is 274 g/mol. The Balaban J connectivity index is 2.60. The zero-order valence-corrected chi connectivity index (χ0v) is 11.4. The molecule has 1 saturated heterocycles. The van der Waals surface area contributed by atoms with Gasteiger partial charge in [-0.15, -0.1) is 0 Å². The second-order valence-electron chi connectivity index (χ2n) is 4.51. The number of morpholine rings is 1. The van der Waals surface area contributed by atoms with Crippen molar-refractivity contribution in [1.29, 1.82) is 0 Å². The standard InChI is InChI=1S/C12H22N2O5/c1-3-4-9(7-18-2)13-12(17)14-5-6-19-8-10(14)11(15)16/h9-10H,3-8H2,1-2H3,(H,13,17)(H,15,16). The SMILES string of the molecule is CCCC(COC)NC(=O)N1CCOCC1C(=O)O. The van der Waals surface area contributed by atoms with E-state index < -0.39 is 12.0 Å². The van der Waals surface area contributed by atoms with Crippen LogP contribution in [0.3, 0.4) is 0 Å². The molecule has 2 unspecified atom stereocenters. The van der Waals surface area contributed by atoms with Crippen LogP contribution in [0.4, 0.5) is 4.79 Å². The molecule has 110 valence electrons. The van der Waals surface area contributed by atoms with E-state index >= 15 is 0 Å². The van der Waals surface area contributed by atoms with Crippen LogP contribution in [-0.2, 0) is 14.3 Å². The summed E-state index contributed by atoms with van der Waals surface area (Å²) in [5, 5.41) is 11.9. The van der Waals surface area contributed by atoms with E-state index in [1.165, 1.54) is 4.90 Å². The first-order chi connectivity index (χ1) is 9.10. The van der Waals surface area contributed by atoms with E-state index in [0.717, 1.165) is 12.8 Å². The quantitative estimate of drug-likeness (QED) is 0.727. The van der Waals surface area contributed by atoms with Gasteiger partial charge in [0.05, 0.1) is 25.9 Å². The molecule has 0 bridgehead atoms. The van der Waals surface area contributed by atoms with Gasteiger partial charge in [0.1, 0.15) is 0 Å². The van der Waals surface area contributed by atoms with Crippen molar-refractivity contribution >= 4 is 12.0 Å². The highest BCUT2D eigenvalue weighted by molar-refractivity contribution is 5.83. The van der Waals surface area contributed by atoms with Crippen LogP contribution in [0.2, 0.25) is 0 Å². The molecule has 2 amide bonds. The molecular weight excluding hydrogens is 252 g/mol. The van der Waals surface area contributed by atoms with Gasteiger partial charge in [-0.2, -0.15) is 0 Å². The van der Waals surface area contributed by atoms with Crippen LogP contribution in [0, 0.1) is 0 Å². The van der Waals surface area contributed by atoms with Gasteiger partial charge >= 0.3 is 12.0 Å². The van der Waals surface area contributed by atoms with Gasteiger partial charge in [-0.1, -0.05) is 13.3 Å². The van der Waals surface area contributed by atoms with Gasteiger partial charge in [0, 0.05) is 13.7 Å².